The Morgan fingerprint density at radius 1 is 1.00 bits per heavy atom. The monoisotopic (exact) mass is 464 g/mol. The Kier molecular flexibility index (Phi) is 6.87. The number of carbonyl (C=O) groups excluding carboxylic acids is 1. The van der Waals surface area contributed by atoms with Crippen molar-refractivity contribution >= 4 is 50.5 Å². The van der Waals surface area contributed by atoms with Crippen molar-refractivity contribution < 1.29 is 17.9 Å². The number of hydrogen-bond donors (Lipinski definition) is 2. The van der Waals surface area contributed by atoms with Crippen molar-refractivity contribution in [3.63, 3.8) is 0 Å². The molecule has 0 aliphatic carbocycles. The second kappa shape index (κ2) is 9.38. The molecule has 156 valence electrons. The number of aryl methyl sites for hydroxylation is 1. The normalized spacial score (nSPS) is 11.0. The molecular weight excluding hydrogens is 447 g/mol. The van der Waals surface area contributed by atoms with E-state index in [9.17, 15) is 13.2 Å². The molecular formula is C21H18Cl2N2O4S. The van der Waals surface area contributed by atoms with Crippen LogP contribution < -0.4 is 14.8 Å². The zero-order valence-electron chi connectivity index (χ0n) is 15.9. The van der Waals surface area contributed by atoms with Gasteiger partial charge in [-0.2, -0.15) is 0 Å². The van der Waals surface area contributed by atoms with Gasteiger partial charge in [-0.25, -0.2) is 8.42 Å². The van der Waals surface area contributed by atoms with Crippen molar-refractivity contribution in [2.75, 3.05) is 16.6 Å². The predicted molar refractivity (Wildman–Crippen MR) is 119 cm³/mol. The number of rotatable bonds is 7. The van der Waals surface area contributed by atoms with Crippen LogP contribution >= 0.6 is 23.2 Å². The van der Waals surface area contributed by atoms with Crippen molar-refractivity contribution in [1.82, 2.24) is 0 Å². The van der Waals surface area contributed by atoms with Crippen LogP contribution in [0.3, 0.4) is 0 Å². The van der Waals surface area contributed by atoms with Crippen LogP contribution in [0.5, 0.6) is 5.75 Å². The van der Waals surface area contributed by atoms with Crippen molar-refractivity contribution in [3.05, 3.63) is 82.3 Å². The van der Waals surface area contributed by atoms with Gasteiger partial charge in [-0.05, 0) is 67.1 Å². The number of ether oxygens (including phenoxy) is 1. The molecule has 0 aromatic heterocycles. The smallest absolute Gasteiger partial charge is 0.262 e. The summed E-state index contributed by atoms with van der Waals surface area (Å²) in [5.41, 5.74) is 1.45. The number of para-hydroxylation sites is 1. The van der Waals surface area contributed by atoms with E-state index in [1.54, 1.807) is 55.5 Å². The third-order valence-corrected chi connectivity index (χ3v) is 6.02. The summed E-state index contributed by atoms with van der Waals surface area (Å²) in [7, 11) is -3.78. The summed E-state index contributed by atoms with van der Waals surface area (Å²) >= 11 is 11.8. The van der Waals surface area contributed by atoms with E-state index in [1.165, 1.54) is 18.2 Å². The summed E-state index contributed by atoms with van der Waals surface area (Å²) in [4.78, 5) is 12.2. The first-order valence-electron chi connectivity index (χ1n) is 8.81. The van der Waals surface area contributed by atoms with Crippen LogP contribution in [-0.2, 0) is 14.8 Å². The van der Waals surface area contributed by atoms with E-state index >= 15 is 0 Å². The number of anilines is 2. The van der Waals surface area contributed by atoms with Crippen LogP contribution in [0.2, 0.25) is 10.0 Å². The van der Waals surface area contributed by atoms with Gasteiger partial charge in [0.1, 0.15) is 5.75 Å². The van der Waals surface area contributed by atoms with E-state index < -0.39 is 10.0 Å². The summed E-state index contributed by atoms with van der Waals surface area (Å²) in [6.45, 7) is 1.45. The van der Waals surface area contributed by atoms with Crippen LogP contribution in [0.25, 0.3) is 0 Å². The molecule has 3 rings (SSSR count). The summed E-state index contributed by atoms with van der Waals surface area (Å²) in [6, 6.07) is 17.6. The molecule has 0 saturated carbocycles. The average Bonchev–Trinajstić information content (AvgIpc) is 2.70. The van der Waals surface area contributed by atoms with E-state index in [1.807, 2.05) is 0 Å². The van der Waals surface area contributed by atoms with Crippen molar-refractivity contribution in [1.29, 1.82) is 0 Å². The molecule has 1 amide bonds. The maximum Gasteiger partial charge on any atom is 0.262 e. The second-order valence-electron chi connectivity index (χ2n) is 6.36. The topological polar surface area (TPSA) is 84.5 Å². The van der Waals surface area contributed by atoms with E-state index in [0.29, 0.717) is 32.7 Å². The lowest BCUT2D eigenvalue weighted by atomic mass is 10.2. The van der Waals surface area contributed by atoms with Crippen molar-refractivity contribution in [3.8, 4) is 5.75 Å². The van der Waals surface area contributed by atoms with E-state index in [2.05, 4.69) is 10.0 Å². The molecule has 0 aliphatic rings. The van der Waals surface area contributed by atoms with Crippen LogP contribution in [0.4, 0.5) is 11.4 Å². The minimum atomic E-state index is -3.78. The molecule has 3 aromatic carbocycles. The Morgan fingerprint density at radius 3 is 2.37 bits per heavy atom. The van der Waals surface area contributed by atoms with Gasteiger partial charge in [0.2, 0.25) is 0 Å². The predicted octanol–water partition coefficient (Wildman–Crippen LogP) is 5.12. The van der Waals surface area contributed by atoms with E-state index in [0.717, 1.165) is 0 Å². The van der Waals surface area contributed by atoms with Crippen LogP contribution in [-0.4, -0.2) is 20.9 Å². The first kappa shape index (κ1) is 22.0. The fourth-order valence-corrected chi connectivity index (χ4v) is 4.03. The number of hydrogen-bond acceptors (Lipinski definition) is 4. The summed E-state index contributed by atoms with van der Waals surface area (Å²) in [5.74, 6) is 0.0124. The minimum Gasteiger partial charge on any atom is -0.483 e. The largest absolute Gasteiger partial charge is 0.483 e. The molecule has 9 heteroatoms. The second-order valence-corrected chi connectivity index (χ2v) is 8.88. The fraction of sp³-hybridized carbons (Fsp3) is 0.0952. The van der Waals surface area contributed by atoms with Crippen LogP contribution in [0, 0.1) is 6.92 Å². The third-order valence-electron chi connectivity index (χ3n) is 4.06. The van der Waals surface area contributed by atoms with Gasteiger partial charge in [0, 0.05) is 10.7 Å². The molecule has 0 fully saturated rings. The number of carbonyl (C=O) groups is 1. The lowest BCUT2D eigenvalue weighted by Gasteiger charge is -2.13. The van der Waals surface area contributed by atoms with Crippen LogP contribution in [0.15, 0.2) is 71.6 Å². The molecule has 0 heterocycles. The molecule has 0 bridgehead atoms. The van der Waals surface area contributed by atoms with Gasteiger partial charge in [-0.3, -0.25) is 9.52 Å². The Labute approximate surface area is 184 Å². The lowest BCUT2D eigenvalue weighted by molar-refractivity contribution is -0.118. The number of amides is 1. The maximum absolute atomic E-state index is 12.6. The molecule has 0 atom stereocenters. The van der Waals surface area contributed by atoms with Gasteiger partial charge in [0.15, 0.2) is 6.61 Å². The van der Waals surface area contributed by atoms with E-state index in [-0.39, 0.29) is 17.4 Å². The molecule has 0 radical (unpaired) electrons. The highest BCUT2D eigenvalue weighted by Crippen LogP contribution is 2.25. The summed E-state index contributed by atoms with van der Waals surface area (Å²) < 4.78 is 33.2. The van der Waals surface area contributed by atoms with E-state index in [4.69, 9.17) is 27.9 Å². The highest BCUT2D eigenvalue weighted by molar-refractivity contribution is 7.92. The number of sulfonamides is 1. The van der Waals surface area contributed by atoms with Gasteiger partial charge < -0.3 is 10.1 Å². The zero-order chi connectivity index (χ0) is 21.7. The molecule has 0 spiro atoms. The Balaban J connectivity index is 1.65. The van der Waals surface area contributed by atoms with Crippen LogP contribution in [0.1, 0.15) is 5.56 Å². The number of halogens is 2. The molecule has 0 aliphatic heterocycles. The molecule has 2 N–H and O–H groups in total. The standard InChI is InChI=1S/C21H18Cl2N2O4S/c1-14-12-17(30(27,28)25-16-8-6-15(22)7-9-16)10-11-20(14)29-13-21(26)24-19-5-3-2-4-18(19)23/h2-12,25H,13H2,1H3,(H,24,26). The Bertz CT molecular complexity index is 1170. The van der Waals surface area contributed by atoms with Gasteiger partial charge >= 0.3 is 0 Å². The quantitative estimate of drug-likeness (QED) is 0.507. The third kappa shape index (κ3) is 5.66. The SMILES string of the molecule is Cc1cc(S(=O)(=O)Nc2ccc(Cl)cc2)ccc1OCC(=O)Nc1ccccc1Cl. The molecule has 30 heavy (non-hydrogen) atoms. The van der Waals surface area contributed by atoms with Gasteiger partial charge in [-0.15, -0.1) is 0 Å². The minimum absolute atomic E-state index is 0.0721. The van der Waals surface area contributed by atoms with Crippen molar-refractivity contribution in [2.45, 2.75) is 11.8 Å². The Morgan fingerprint density at radius 2 is 1.70 bits per heavy atom. The first-order valence-corrected chi connectivity index (χ1v) is 11.0. The fourth-order valence-electron chi connectivity index (χ4n) is 2.58. The highest BCUT2D eigenvalue weighted by atomic mass is 35.5. The summed E-state index contributed by atoms with van der Waals surface area (Å²) in [6.07, 6.45) is 0. The first-order chi connectivity index (χ1) is 14.2. The van der Waals surface area contributed by atoms with Gasteiger partial charge in [-0.1, -0.05) is 35.3 Å². The molecule has 0 saturated heterocycles. The van der Waals surface area contributed by atoms with Gasteiger partial charge in [0.05, 0.1) is 15.6 Å². The Hall–Kier alpha value is -2.74. The number of nitrogens with one attached hydrogen (secondary N) is 2. The number of benzene rings is 3. The van der Waals surface area contributed by atoms with Crippen molar-refractivity contribution in [2.24, 2.45) is 0 Å². The molecule has 6 nitrogen and oxygen atoms in total. The summed E-state index contributed by atoms with van der Waals surface area (Å²) in [5, 5.41) is 3.58. The maximum atomic E-state index is 12.6. The molecule has 3 aromatic rings. The highest BCUT2D eigenvalue weighted by Gasteiger charge is 2.16. The average molecular weight is 465 g/mol. The van der Waals surface area contributed by atoms with Gasteiger partial charge in [0.25, 0.3) is 15.9 Å². The lowest BCUT2D eigenvalue weighted by Crippen LogP contribution is -2.20. The molecule has 0 unspecified atom stereocenters. The zero-order valence-corrected chi connectivity index (χ0v) is 18.2.